The van der Waals surface area contributed by atoms with Crippen molar-refractivity contribution in [1.29, 1.82) is 0 Å². The lowest BCUT2D eigenvalue weighted by Crippen LogP contribution is -2.46. The van der Waals surface area contributed by atoms with E-state index < -0.39 is 11.2 Å². The average molecular weight is 319 g/mol. The van der Waals surface area contributed by atoms with Crippen LogP contribution in [0.2, 0.25) is 0 Å². The van der Waals surface area contributed by atoms with Crippen LogP contribution in [0.25, 0.3) is 0 Å². The van der Waals surface area contributed by atoms with Crippen LogP contribution in [-0.4, -0.2) is 46.2 Å². The number of hydrogen-bond acceptors (Lipinski definition) is 5. The van der Waals surface area contributed by atoms with Gasteiger partial charge in [0.25, 0.3) is 0 Å². The zero-order valence-corrected chi connectivity index (χ0v) is 13.6. The van der Waals surface area contributed by atoms with Gasteiger partial charge in [-0.1, -0.05) is 0 Å². The summed E-state index contributed by atoms with van der Waals surface area (Å²) in [6, 6.07) is 4.51. The van der Waals surface area contributed by atoms with Gasteiger partial charge in [0, 0.05) is 13.0 Å². The van der Waals surface area contributed by atoms with Crippen LogP contribution in [0, 0.1) is 0 Å². The van der Waals surface area contributed by atoms with E-state index in [2.05, 4.69) is 0 Å². The number of nitrogens with zero attached hydrogens (tertiary/aromatic N) is 1. The molecule has 1 aromatic rings. The van der Waals surface area contributed by atoms with Crippen molar-refractivity contribution in [3.8, 4) is 11.5 Å². The summed E-state index contributed by atoms with van der Waals surface area (Å²) in [5.41, 5.74) is -0.857. The van der Waals surface area contributed by atoms with Crippen LogP contribution in [0.5, 0.6) is 11.5 Å². The van der Waals surface area contributed by atoms with Crippen molar-refractivity contribution in [2.45, 2.75) is 44.8 Å². The smallest absolute Gasteiger partial charge is 0.410 e. The number of benzene rings is 1. The molecule has 1 amide bonds. The monoisotopic (exact) mass is 319 g/mol. The number of amides is 1. The van der Waals surface area contributed by atoms with Gasteiger partial charge in [-0.15, -0.1) is 0 Å². The maximum absolute atomic E-state index is 12.4. The summed E-state index contributed by atoms with van der Waals surface area (Å²) in [5, 5.41) is 9.51. The quantitative estimate of drug-likeness (QED) is 0.795. The van der Waals surface area contributed by atoms with E-state index in [1.54, 1.807) is 11.0 Å². The normalized spacial score (nSPS) is 23.6. The summed E-state index contributed by atoms with van der Waals surface area (Å²) in [5.74, 6) is 0.428. The Labute approximate surface area is 135 Å². The first-order valence-corrected chi connectivity index (χ1v) is 7.71. The highest BCUT2D eigenvalue weighted by molar-refractivity contribution is 6.00. The molecule has 2 aliphatic rings. The minimum absolute atomic E-state index is 0.0402. The van der Waals surface area contributed by atoms with Crippen molar-refractivity contribution in [3.63, 3.8) is 0 Å². The molecule has 1 fully saturated rings. The van der Waals surface area contributed by atoms with E-state index in [0.717, 1.165) is 0 Å². The molecule has 0 saturated carbocycles. The van der Waals surface area contributed by atoms with Crippen molar-refractivity contribution in [3.05, 3.63) is 23.8 Å². The Bertz CT molecular complexity index is 663. The number of ketones is 1. The van der Waals surface area contributed by atoms with Gasteiger partial charge in [0.2, 0.25) is 0 Å². The number of Topliss-reactive ketones (excluding diaryl/α,β-unsaturated/α-hetero) is 1. The second kappa shape index (κ2) is 5.15. The molecule has 2 heterocycles. The van der Waals surface area contributed by atoms with Crippen molar-refractivity contribution in [2.24, 2.45) is 0 Å². The first-order valence-electron chi connectivity index (χ1n) is 7.71. The van der Waals surface area contributed by atoms with Gasteiger partial charge in [0.1, 0.15) is 22.7 Å². The fourth-order valence-electron chi connectivity index (χ4n) is 3.04. The molecule has 0 aromatic heterocycles. The third-order valence-electron chi connectivity index (χ3n) is 4.04. The van der Waals surface area contributed by atoms with E-state index in [-0.39, 0.29) is 24.0 Å². The van der Waals surface area contributed by atoms with Gasteiger partial charge in [-0.25, -0.2) is 4.79 Å². The Kier molecular flexibility index (Phi) is 3.50. The third-order valence-corrected chi connectivity index (χ3v) is 4.04. The van der Waals surface area contributed by atoms with Crippen molar-refractivity contribution in [1.82, 2.24) is 4.90 Å². The van der Waals surface area contributed by atoms with E-state index >= 15 is 0 Å². The topological polar surface area (TPSA) is 76.1 Å². The van der Waals surface area contributed by atoms with Crippen LogP contribution in [0.1, 0.15) is 44.0 Å². The van der Waals surface area contributed by atoms with Crippen LogP contribution in [0.4, 0.5) is 4.79 Å². The molecule has 6 heteroatoms. The Balaban J connectivity index is 1.77. The molecule has 1 spiro atoms. The predicted molar refractivity (Wildman–Crippen MR) is 82.8 cm³/mol. The molecule has 6 nitrogen and oxygen atoms in total. The van der Waals surface area contributed by atoms with Gasteiger partial charge in [-0.3, -0.25) is 4.79 Å². The summed E-state index contributed by atoms with van der Waals surface area (Å²) in [6.45, 7) is 6.28. The molecule has 23 heavy (non-hydrogen) atoms. The van der Waals surface area contributed by atoms with E-state index in [0.29, 0.717) is 30.8 Å². The fourth-order valence-corrected chi connectivity index (χ4v) is 3.04. The summed E-state index contributed by atoms with van der Waals surface area (Å²) in [4.78, 5) is 26.2. The number of aromatic hydroxyl groups is 1. The number of ether oxygens (including phenoxy) is 2. The molecular formula is C17H21NO5. The number of likely N-dealkylation sites (tertiary alicyclic amines) is 1. The van der Waals surface area contributed by atoms with E-state index in [1.807, 2.05) is 20.8 Å². The van der Waals surface area contributed by atoms with Gasteiger partial charge in [0.15, 0.2) is 5.78 Å². The van der Waals surface area contributed by atoms with Gasteiger partial charge < -0.3 is 19.5 Å². The van der Waals surface area contributed by atoms with E-state index in [1.165, 1.54) is 12.1 Å². The third kappa shape index (κ3) is 3.11. The molecule has 1 aromatic carbocycles. The highest BCUT2D eigenvalue weighted by atomic mass is 16.6. The zero-order chi connectivity index (χ0) is 16.8. The standard InChI is InChI=1S/C17H21NO5/c1-16(2,3)23-15(21)18-7-6-17(10-18)9-13(20)12-8-11(19)4-5-14(12)22-17/h4-5,8,19H,6-7,9-10H2,1-3H3. The van der Waals surface area contributed by atoms with Crippen LogP contribution in [0.15, 0.2) is 18.2 Å². The number of phenols is 1. The molecule has 0 radical (unpaired) electrons. The average Bonchev–Trinajstić information content (AvgIpc) is 2.82. The number of phenolic OH excluding ortho intramolecular Hbond substituents is 1. The van der Waals surface area contributed by atoms with Crippen LogP contribution < -0.4 is 4.74 Å². The molecule has 0 bridgehead atoms. The van der Waals surface area contributed by atoms with Gasteiger partial charge in [-0.05, 0) is 39.0 Å². The van der Waals surface area contributed by atoms with Crippen LogP contribution in [0.3, 0.4) is 0 Å². The number of hydrogen-bond donors (Lipinski definition) is 1. The lowest BCUT2D eigenvalue weighted by Gasteiger charge is -2.34. The maximum Gasteiger partial charge on any atom is 0.410 e. The molecule has 124 valence electrons. The molecule has 1 atom stereocenters. The Morgan fingerprint density at radius 3 is 2.83 bits per heavy atom. The first-order chi connectivity index (χ1) is 10.7. The molecular weight excluding hydrogens is 298 g/mol. The SMILES string of the molecule is CC(C)(C)OC(=O)N1CCC2(CC(=O)c3cc(O)ccc3O2)C1. The van der Waals surface area contributed by atoms with Crippen LogP contribution in [-0.2, 0) is 4.74 Å². The molecule has 1 N–H and O–H groups in total. The van der Waals surface area contributed by atoms with E-state index in [4.69, 9.17) is 9.47 Å². The Morgan fingerprint density at radius 2 is 2.13 bits per heavy atom. The summed E-state index contributed by atoms with van der Waals surface area (Å²) in [7, 11) is 0. The van der Waals surface area contributed by atoms with Crippen molar-refractivity contribution in [2.75, 3.05) is 13.1 Å². The Hall–Kier alpha value is -2.24. The summed E-state index contributed by atoms with van der Waals surface area (Å²) in [6.07, 6.45) is 0.392. The van der Waals surface area contributed by atoms with Crippen molar-refractivity contribution < 1.29 is 24.2 Å². The van der Waals surface area contributed by atoms with Crippen LogP contribution >= 0.6 is 0 Å². The lowest BCUT2D eigenvalue weighted by atomic mass is 9.89. The number of fused-ring (bicyclic) bond motifs is 1. The second-order valence-corrected chi connectivity index (χ2v) is 7.22. The molecule has 1 saturated heterocycles. The number of rotatable bonds is 0. The molecule has 3 rings (SSSR count). The summed E-state index contributed by atoms with van der Waals surface area (Å²) >= 11 is 0. The fraction of sp³-hybridized carbons (Fsp3) is 0.529. The first kappa shape index (κ1) is 15.6. The van der Waals surface area contributed by atoms with Gasteiger partial charge in [-0.2, -0.15) is 0 Å². The minimum Gasteiger partial charge on any atom is -0.508 e. The summed E-state index contributed by atoms with van der Waals surface area (Å²) < 4.78 is 11.4. The van der Waals surface area contributed by atoms with Crippen molar-refractivity contribution >= 4 is 11.9 Å². The van der Waals surface area contributed by atoms with Gasteiger partial charge >= 0.3 is 6.09 Å². The van der Waals surface area contributed by atoms with E-state index in [9.17, 15) is 14.7 Å². The highest BCUT2D eigenvalue weighted by Gasteiger charge is 2.47. The second-order valence-electron chi connectivity index (χ2n) is 7.22. The predicted octanol–water partition coefficient (Wildman–Crippen LogP) is 2.74. The lowest BCUT2D eigenvalue weighted by molar-refractivity contribution is 0.0171. The highest BCUT2D eigenvalue weighted by Crippen LogP contribution is 2.40. The minimum atomic E-state index is -0.696. The molecule has 0 aliphatic carbocycles. The number of carbonyl (C=O) groups excluding carboxylic acids is 2. The zero-order valence-electron chi connectivity index (χ0n) is 13.6. The Morgan fingerprint density at radius 1 is 1.39 bits per heavy atom. The largest absolute Gasteiger partial charge is 0.508 e. The number of carbonyl (C=O) groups is 2. The molecule has 1 unspecified atom stereocenters. The molecule has 2 aliphatic heterocycles. The maximum atomic E-state index is 12.4. The van der Waals surface area contributed by atoms with Gasteiger partial charge in [0.05, 0.1) is 18.5 Å².